The van der Waals surface area contributed by atoms with Gasteiger partial charge in [-0.15, -0.1) is 0 Å². The molecule has 0 saturated carbocycles. The number of amides is 1. The van der Waals surface area contributed by atoms with E-state index in [9.17, 15) is 4.79 Å². The topological polar surface area (TPSA) is 32.3 Å². The Morgan fingerprint density at radius 2 is 2.10 bits per heavy atom. The molecule has 110 valence electrons. The monoisotopic (exact) mass is 274 g/mol. The third-order valence-corrected chi connectivity index (χ3v) is 4.61. The van der Waals surface area contributed by atoms with Gasteiger partial charge in [-0.3, -0.25) is 9.69 Å². The van der Waals surface area contributed by atoms with Gasteiger partial charge in [0.2, 0.25) is 5.91 Å². The van der Waals surface area contributed by atoms with Crippen molar-refractivity contribution >= 4 is 5.91 Å². The number of carbonyl (C=O) groups excluding carboxylic acids is 1. The normalized spacial score (nSPS) is 15.8. The fourth-order valence-corrected chi connectivity index (χ4v) is 2.66. The first kappa shape index (κ1) is 15.0. The fraction of sp³-hybridized carbons (Fsp3) is 0.588. The van der Waals surface area contributed by atoms with E-state index in [0.717, 1.165) is 25.9 Å². The standard InChI is InChI=1S/C17H26N2O/c1-5-17(2,3)15-7-6-13-8-9-19(11-14(13)10-15)12-16(20)18-4/h6-7,10H,5,8-9,11-12H2,1-4H3,(H,18,20). The summed E-state index contributed by atoms with van der Waals surface area (Å²) in [4.78, 5) is 13.7. The van der Waals surface area contributed by atoms with Crippen molar-refractivity contribution in [2.45, 2.75) is 45.6 Å². The molecular weight excluding hydrogens is 248 g/mol. The number of hydrogen-bond donors (Lipinski definition) is 1. The molecule has 3 heteroatoms. The second kappa shape index (κ2) is 5.96. The highest BCUT2D eigenvalue weighted by atomic mass is 16.1. The summed E-state index contributed by atoms with van der Waals surface area (Å²) in [5, 5.41) is 2.70. The van der Waals surface area contributed by atoms with E-state index in [1.807, 2.05) is 0 Å². The van der Waals surface area contributed by atoms with Crippen molar-refractivity contribution in [1.29, 1.82) is 0 Å². The quantitative estimate of drug-likeness (QED) is 0.915. The summed E-state index contributed by atoms with van der Waals surface area (Å²) in [7, 11) is 1.70. The van der Waals surface area contributed by atoms with Crippen molar-refractivity contribution in [3.63, 3.8) is 0 Å². The summed E-state index contributed by atoms with van der Waals surface area (Å²) in [5.41, 5.74) is 4.45. The molecule has 3 nitrogen and oxygen atoms in total. The molecule has 0 atom stereocenters. The van der Waals surface area contributed by atoms with Gasteiger partial charge in [-0.25, -0.2) is 0 Å². The zero-order valence-electron chi connectivity index (χ0n) is 13.1. The lowest BCUT2D eigenvalue weighted by Gasteiger charge is -2.30. The minimum atomic E-state index is 0.0958. The lowest BCUT2D eigenvalue weighted by atomic mass is 9.80. The molecule has 0 aliphatic carbocycles. The summed E-state index contributed by atoms with van der Waals surface area (Å²) in [6.07, 6.45) is 2.17. The van der Waals surface area contributed by atoms with Crippen molar-refractivity contribution in [2.24, 2.45) is 0 Å². The summed E-state index contributed by atoms with van der Waals surface area (Å²) >= 11 is 0. The van der Waals surface area contributed by atoms with E-state index in [1.165, 1.54) is 16.7 Å². The molecule has 20 heavy (non-hydrogen) atoms. The number of nitrogens with zero attached hydrogens (tertiary/aromatic N) is 1. The minimum Gasteiger partial charge on any atom is -0.358 e. The average Bonchev–Trinajstić information content (AvgIpc) is 2.46. The SMILES string of the molecule is CCC(C)(C)c1ccc2c(c1)CN(CC(=O)NC)CC2. The van der Waals surface area contributed by atoms with E-state index >= 15 is 0 Å². The van der Waals surface area contributed by atoms with Gasteiger partial charge in [-0.05, 0) is 34.9 Å². The third kappa shape index (κ3) is 3.21. The molecule has 1 aliphatic heterocycles. The van der Waals surface area contributed by atoms with Gasteiger partial charge >= 0.3 is 0 Å². The Hall–Kier alpha value is -1.35. The van der Waals surface area contributed by atoms with Crippen LogP contribution >= 0.6 is 0 Å². The van der Waals surface area contributed by atoms with Crippen molar-refractivity contribution in [3.05, 3.63) is 34.9 Å². The molecule has 0 spiro atoms. The molecule has 0 fully saturated rings. The predicted molar refractivity (Wildman–Crippen MR) is 82.8 cm³/mol. The van der Waals surface area contributed by atoms with Gasteiger partial charge in [0.15, 0.2) is 0 Å². The highest BCUT2D eigenvalue weighted by Crippen LogP contribution is 2.30. The molecular formula is C17H26N2O. The molecule has 1 amide bonds. The smallest absolute Gasteiger partial charge is 0.233 e. The van der Waals surface area contributed by atoms with Gasteiger partial charge in [0.25, 0.3) is 0 Å². The van der Waals surface area contributed by atoms with E-state index in [-0.39, 0.29) is 11.3 Å². The van der Waals surface area contributed by atoms with Crippen LogP contribution in [0.4, 0.5) is 0 Å². The molecule has 0 saturated heterocycles. The maximum absolute atomic E-state index is 11.5. The van der Waals surface area contributed by atoms with Gasteiger partial charge in [-0.2, -0.15) is 0 Å². The van der Waals surface area contributed by atoms with Crippen LogP contribution in [-0.2, 0) is 23.2 Å². The highest BCUT2D eigenvalue weighted by Gasteiger charge is 2.22. The van der Waals surface area contributed by atoms with E-state index in [1.54, 1.807) is 7.05 Å². The van der Waals surface area contributed by atoms with Crippen LogP contribution in [0.3, 0.4) is 0 Å². The maximum atomic E-state index is 11.5. The van der Waals surface area contributed by atoms with Crippen LogP contribution in [0.2, 0.25) is 0 Å². The van der Waals surface area contributed by atoms with E-state index in [0.29, 0.717) is 6.54 Å². The van der Waals surface area contributed by atoms with Crippen LogP contribution in [0.1, 0.15) is 43.9 Å². The number of fused-ring (bicyclic) bond motifs is 1. The van der Waals surface area contributed by atoms with Crippen LogP contribution in [0.25, 0.3) is 0 Å². The number of likely N-dealkylation sites (N-methyl/N-ethyl adjacent to an activating group) is 1. The molecule has 0 aromatic heterocycles. The van der Waals surface area contributed by atoms with Crippen molar-refractivity contribution < 1.29 is 4.79 Å². The Bertz CT molecular complexity index is 494. The second-order valence-corrected chi connectivity index (χ2v) is 6.35. The van der Waals surface area contributed by atoms with Crippen LogP contribution in [0.15, 0.2) is 18.2 Å². The molecule has 0 bridgehead atoms. The highest BCUT2D eigenvalue weighted by molar-refractivity contribution is 5.77. The molecule has 1 N–H and O–H groups in total. The molecule has 2 rings (SSSR count). The number of benzene rings is 1. The number of hydrogen-bond acceptors (Lipinski definition) is 2. The van der Waals surface area contributed by atoms with Crippen molar-refractivity contribution in [1.82, 2.24) is 10.2 Å². The molecule has 1 aromatic carbocycles. The Morgan fingerprint density at radius 3 is 2.75 bits per heavy atom. The van der Waals surface area contributed by atoms with Crippen molar-refractivity contribution in [2.75, 3.05) is 20.1 Å². The number of carbonyl (C=O) groups is 1. The fourth-order valence-electron chi connectivity index (χ4n) is 2.66. The molecule has 0 unspecified atom stereocenters. The van der Waals surface area contributed by atoms with Gasteiger partial charge in [-0.1, -0.05) is 39.0 Å². The van der Waals surface area contributed by atoms with E-state index in [2.05, 4.69) is 49.2 Å². The Labute approximate surface area is 122 Å². The largest absolute Gasteiger partial charge is 0.358 e. The molecule has 0 radical (unpaired) electrons. The zero-order chi connectivity index (χ0) is 14.8. The zero-order valence-corrected chi connectivity index (χ0v) is 13.1. The number of rotatable bonds is 4. The Morgan fingerprint density at radius 1 is 1.35 bits per heavy atom. The van der Waals surface area contributed by atoms with E-state index in [4.69, 9.17) is 0 Å². The average molecular weight is 274 g/mol. The van der Waals surface area contributed by atoms with Gasteiger partial charge < -0.3 is 5.32 Å². The van der Waals surface area contributed by atoms with Crippen LogP contribution < -0.4 is 5.32 Å². The minimum absolute atomic E-state index is 0.0958. The predicted octanol–water partition coefficient (Wildman–Crippen LogP) is 2.48. The Balaban J connectivity index is 2.17. The molecule has 1 aliphatic rings. The first-order chi connectivity index (χ1) is 9.46. The summed E-state index contributed by atoms with van der Waals surface area (Å²) < 4.78 is 0. The van der Waals surface area contributed by atoms with Crippen molar-refractivity contribution in [3.8, 4) is 0 Å². The van der Waals surface area contributed by atoms with E-state index < -0.39 is 0 Å². The number of nitrogens with one attached hydrogen (secondary N) is 1. The summed E-state index contributed by atoms with van der Waals surface area (Å²) in [5.74, 6) is 0.0958. The van der Waals surface area contributed by atoms with Gasteiger partial charge in [0.1, 0.15) is 0 Å². The van der Waals surface area contributed by atoms with Crippen LogP contribution in [-0.4, -0.2) is 30.9 Å². The van der Waals surface area contributed by atoms with Gasteiger partial charge in [0, 0.05) is 20.1 Å². The first-order valence-electron chi connectivity index (χ1n) is 7.51. The molecule has 1 aromatic rings. The lowest BCUT2D eigenvalue weighted by molar-refractivity contribution is -0.121. The molecule has 1 heterocycles. The summed E-state index contributed by atoms with van der Waals surface area (Å²) in [6, 6.07) is 6.89. The third-order valence-electron chi connectivity index (χ3n) is 4.61. The maximum Gasteiger partial charge on any atom is 0.233 e. The second-order valence-electron chi connectivity index (χ2n) is 6.35. The lowest BCUT2D eigenvalue weighted by Crippen LogP contribution is -2.38. The van der Waals surface area contributed by atoms with Gasteiger partial charge in [0.05, 0.1) is 6.54 Å². The van der Waals surface area contributed by atoms with Crippen LogP contribution in [0, 0.1) is 0 Å². The van der Waals surface area contributed by atoms with Crippen LogP contribution in [0.5, 0.6) is 0 Å². The first-order valence-corrected chi connectivity index (χ1v) is 7.51. The summed E-state index contributed by atoms with van der Waals surface area (Å²) in [6.45, 7) is 9.17. The Kier molecular flexibility index (Phi) is 4.48.